The molecule has 0 aliphatic carbocycles. The van der Waals surface area contributed by atoms with Gasteiger partial charge in [-0.15, -0.1) is 0 Å². The van der Waals surface area contributed by atoms with Crippen LogP contribution in [0.25, 0.3) is 0 Å². The predicted octanol–water partition coefficient (Wildman–Crippen LogP) is 3.46. The molecule has 5 nitrogen and oxygen atoms in total. The first-order chi connectivity index (χ1) is 11.4. The lowest BCUT2D eigenvalue weighted by Crippen LogP contribution is -2.23. The van der Waals surface area contributed by atoms with Crippen molar-refractivity contribution in [2.45, 2.75) is 6.92 Å². The number of anilines is 1. The third-order valence-corrected chi connectivity index (χ3v) is 3.47. The van der Waals surface area contributed by atoms with Gasteiger partial charge in [0.1, 0.15) is 11.6 Å². The van der Waals surface area contributed by atoms with Crippen molar-refractivity contribution in [2.75, 3.05) is 18.5 Å². The van der Waals surface area contributed by atoms with Gasteiger partial charge in [0.05, 0.1) is 0 Å². The summed E-state index contributed by atoms with van der Waals surface area (Å²) in [6.07, 6.45) is 0. The number of halogens is 2. The van der Waals surface area contributed by atoms with Gasteiger partial charge in [0.25, 0.3) is 5.91 Å². The van der Waals surface area contributed by atoms with Crippen LogP contribution < -0.4 is 10.1 Å². The molecule has 24 heavy (non-hydrogen) atoms. The monoisotopic (exact) mass is 395 g/mol. The predicted molar refractivity (Wildman–Crippen MR) is 90.4 cm³/mol. The van der Waals surface area contributed by atoms with Crippen LogP contribution in [-0.4, -0.2) is 25.1 Å². The van der Waals surface area contributed by atoms with E-state index in [2.05, 4.69) is 21.2 Å². The van der Waals surface area contributed by atoms with Gasteiger partial charge in [0.2, 0.25) is 0 Å². The zero-order valence-electron chi connectivity index (χ0n) is 12.8. The van der Waals surface area contributed by atoms with Gasteiger partial charge in [0.15, 0.2) is 13.2 Å². The summed E-state index contributed by atoms with van der Waals surface area (Å²) in [6, 6.07) is 11.3. The van der Waals surface area contributed by atoms with E-state index in [1.165, 1.54) is 6.07 Å². The fraction of sp³-hybridized carbons (Fsp3) is 0.176. The molecule has 0 aliphatic heterocycles. The summed E-state index contributed by atoms with van der Waals surface area (Å²) < 4.78 is 24.2. The molecule has 0 aliphatic rings. The number of nitrogens with one attached hydrogen (secondary N) is 1. The third-order valence-electron chi connectivity index (χ3n) is 2.97. The molecule has 7 heteroatoms. The molecule has 0 saturated heterocycles. The molecule has 1 N–H and O–H groups in total. The van der Waals surface area contributed by atoms with E-state index in [0.29, 0.717) is 17.0 Å². The lowest BCUT2D eigenvalue weighted by Gasteiger charge is -2.08. The van der Waals surface area contributed by atoms with Crippen LogP contribution in [0.15, 0.2) is 46.9 Å². The van der Waals surface area contributed by atoms with E-state index in [0.717, 1.165) is 4.47 Å². The van der Waals surface area contributed by atoms with E-state index >= 15 is 0 Å². The standard InChI is InChI=1S/C17H15BrFNO4/c1-11-5-6-13(8-15(11)19)20-16(21)9-24-17(22)10-23-14-4-2-3-12(18)7-14/h2-8H,9-10H2,1H3,(H,20,21). The minimum atomic E-state index is -0.680. The SMILES string of the molecule is Cc1ccc(NC(=O)COC(=O)COc2cccc(Br)c2)cc1F. The highest BCUT2D eigenvalue weighted by molar-refractivity contribution is 9.10. The van der Waals surface area contributed by atoms with Crippen LogP contribution in [0.4, 0.5) is 10.1 Å². The van der Waals surface area contributed by atoms with Crippen molar-refractivity contribution in [3.05, 3.63) is 58.3 Å². The maximum Gasteiger partial charge on any atom is 0.344 e. The highest BCUT2D eigenvalue weighted by Crippen LogP contribution is 2.17. The minimum Gasteiger partial charge on any atom is -0.482 e. The number of carbonyl (C=O) groups excluding carboxylic acids is 2. The molecule has 0 unspecified atom stereocenters. The number of aryl methyl sites for hydroxylation is 1. The molecule has 0 saturated carbocycles. The Kier molecular flexibility index (Phi) is 6.31. The van der Waals surface area contributed by atoms with Crippen molar-refractivity contribution in [1.29, 1.82) is 0 Å². The Hall–Kier alpha value is -2.41. The fourth-order valence-electron chi connectivity index (χ4n) is 1.75. The highest BCUT2D eigenvalue weighted by atomic mass is 79.9. The summed E-state index contributed by atoms with van der Waals surface area (Å²) in [5.41, 5.74) is 0.772. The molecule has 2 aromatic rings. The molecule has 0 radical (unpaired) electrons. The zero-order valence-corrected chi connectivity index (χ0v) is 14.4. The van der Waals surface area contributed by atoms with Crippen LogP contribution in [0.5, 0.6) is 5.75 Å². The van der Waals surface area contributed by atoms with Gasteiger partial charge in [-0.25, -0.2) is 9.18 Å². The second-order valence-electron chi connectivity index (χ2n) is 4.92. The van der Waals surface area contributed by atoms with Crippen LogP contribution in [-0.2, 0) is 14.3 Å². The molecule has 1 amide bonds. The summed E-state index contributed by atoms with van der Waals surface area (Å²) >= 11 is 3.28. The summed E-state index contributed by atoms with van der Waals surface area (Å²) in [4.78, 5) is 23.2. The Bertz CT molecular complexity index is 751. The molecule has 2 aromatic carbocycles. The number of hydrogen-bond donors (Lipinski definition) is 1. The number of amides is 1. The number of carbonyl (C=O) groups is 2. The van der Waals surface area contributed by atoms with Gasteiger partial charge in [0, 0.05) is 10.2 Å². The number of hydrogen-bond acceptors (Lipinski definition) is 4. The van der Waals surface area contributed by atoms with E-state index in [4.69, 9.17) is 9.47 Å². The normalized spacial score (nSPS) is 10.1. The van der Waals surface area contributed by atoms with Crippen molar-refractivity contribution >= 4 is 33.5 Å². The van der Waals surface area contributed by atoms with E-state index in [-0.39, 0.29) is 6.61 Å². The smallest absolute Gasteiger partial charge is 0.344 e. The van der Waals surface area contributed by atoms with Gasteiger partial charge in [-0.1, -0.05) is 28.1 Å². The maximum absolute atomic E-state index is 13.4. The van der Waals surface area contributed by atoms with Gasteiger partial charge in [-0.3, -0.25) is 4.79 Å². The molecule has 126 valence electrons. The van der Waals surface area contributed by atoms with Crippen molar-refractivity contribution in [1.82, 2.24) is 0 Å². The summed E-state index contributed by atoms with van der Waals surface area (Å²) in [5, 5.41) is 2.44. The zero-order chi connectivity index (χ0) is 17.5. The lowest BCUT2D eigenvalue weighted by molar-refractivity contribution is -0.149. The molecule has 0 aromatic heterocycles. The first-order valence-corrected chi connectivity index (χ1v) is 7.83. The number of rotatable bonds is 6. The van der Waals surface area contributed by atoms with Gasteiger partial charge >= 0.3 is 5.97 Å². The molecule has 0 fully saturated rings. The molecule has 0 spiro atoms. The van der Waals surface area contributed by atoms with Crippen LogP contribution >= 0.6 is 15.9 Å². The number of benzene rings is 2. The summed E-state index contributed by atoms with van der Waals surface area (Å²) in [6.45, 7) is 0.826. The van der Waals surface area contributed by atoms with Gasteiger partial charge in [-0.05, 0) is 42.8 Å². The quantitative estimate of drug-likeness (QED) is 0.760. The first-order valence-electron chi connectivity index (χ1n) is 7.04. The maximum atomic E-state index is 13.4. The van der Waals surface area contributed by atoms with Crippen LogP contribution in [0.2, 0.25) is 0 Å². The molecule has 0 heterocycles. The minimum absolute atomic E-state index is 0.296. The summed E-state index contributed by atoms with van der Waals surface area (Å²) in [5.74, 6) is -1.16. The molecular weight excluding hydrogens is 381 g/mol. The van der Waals surface area contributed by atoms with Crippen LogP contribution in [0.1, 0.15) is 5.56 Å². The van der Waals surface area contributed by atoms with E-state index < -0.39 is 24.3 Å². The Morgan fingerprint density at radius 1 is 1.17 bits per heavy atom. The van der Waals surface area contributed by atoms with E-state index in [9.17, 15) is 14.0 Å². The first kappa shape index (κ1) is 17.9. The largest absolute Gasteiger partial charge is 0.482 e. The second kappa shape index (κ2) is 8.44. The average Bonchev–Trinajstić information content (AvgIpc) is 2.54. The van der Waals surface area contributed by atoms with Crippen LogP contribution in [0.3, 0.4) is 0 Å². The summed E-state index contributed by atoms with van der Waals surface area (Å²) in [7, 11) is 0. The lowest BCUT2D eigenvalue weighted by atomic mass is 10.2. The average molecular weight is 396 g/mol. The van der Waals surface area contributed by atoms with E-state index in [1.54, 1.807) is 37.3 Å². The molecular formula is C17H15BrFNO4. The Balaban J connectivity index is 1.74. The van der Waals surface area contributed by atoms with Crippen molar-refractivity contribution in [3.8, 4) is 5.75 Å². The molecule has 0 atom stereocenters. The Morgan fingerprint density at radius 2 is 1.96 bits per heavy atom. The van der Waals surface area contributed by atoms with Gasteiger partial charge in [-0.2, -0.15) is 0 Å². The molecule has 2 rings (SSSR count). The van der Waals surface area contributed by atoms with Crippen molar-refractivity contribution < 1.29 is 23.5 Å². The second-order valence-corrected chi connectivity index (χ2v) is 5.83. The fourth-order valence-corrected chi connectivity index (χ4v) is 2.13. The van der Waals surface area contributed by atoms with Gasteiger partial charge < -0.3 is 14.8 Å². The highest BCUT2D eigenvalue weighted by Gasteiger charge is 2.10. The number of ether oxygens (including phenoxy) is 2. The van der Waals surface area contributed by atoms with Crippen LogP contribution in [0, 0.1) is 12.7 Å². The Morgan fingerprint density at radius 3 is 2.67 bits per heavy atom. The third kappa shape index (κ3) is 5.66. The van der Waals surface area contributed by atoms with Crippen molar-refractivity contribution in [2.24, 2.45) is 0 Å². The Labute approximate surface area is 146 Å². The topological polar surface area (TPSA) is 64.6 Å². The number of esters is 1. The molecule has 0 bridgehead atoms. The van der Waals surface area contributed by atoms with E-state index in [1.807, 2.05) is 6.07 Å². The van der Waals surface area contributed by atoms with Crippen molar-refractivity contribution in [3.63, 3.8) is 0 Å².